The second-order valence-electron chi connectivity index (χ2n) is 4.81. The molecule has 0 aliphatic carbocycles. The smallest absolute Gasteiger partial charge is 0.232 e. The molecular weight excluding hydrogens is 230 g/mol. The summed E-state index contributed by atoms with van der Waals surface area (Å²) in [5, 5.41) is 3.31. The second-order valence-corrected chi connectivity index (χ2v) is 4.81. The number of hydrogen-bond acceptors (Lipinski definition) is 5. The zero-order valence-electron chi connectivity index (χ0n) is 11.1. The van der Waals surface area contributed by atoms with Crippen LogP contribution in [0.4, 0.5) is 0 Å². The van der Waals surface area contributed by atoms with E-state index in [0.717, 1.165) is 38.3 Å². The Balaban J connectivity index is 1.89. The van der Waals surface area contributed by atoms with E-state index >= 15 is 0 Å². The average Bonchev–Trinajstić information content (AvgIpc) is 2.38. The summed E-state index contributed by atoms with van der Waals surface area (Å²) in [6.07, 6.45) is 5.51. The largest absolute Gasteiger partial charge is 0.473 e. The van der Waals surface area contributed by atoms with E-state index in [1.54, 1.807) is 12.4 Å². The summed E-state index contributed by atoms with van der Waals surface area (Å²) in [7, 11) is 0. The fourth-order valence-electron chi connectivity index (χ4n) is 1.80. The molecule has 1 aliphatic rings. The molecule has 100 valence electrons. The molecule has 1 saturated heterocycles. The Morgan fingerprint density at radius 3 is 2.89 bits per heavy atom. The molecule has 1 N–H and O–H groups in total. The maximum atomic E-state index is 5.82. The average molecular weight is 251 g/mol. The van der Waals surface area contributed by atoms with Crippen LogP contribution in [0.1, 0.15) is 32.4 Å². The van der Waals surface area contributed by atoms with Crippen molar-refractivity contribution in [3.63, 3.8) is 0 Å². The van der Waals surface area contributed by atoms with E-state index in [2.05, 4.69) is 29.1 Å². The van der Waals surface area contributed by atoms with Gasteiger partial charge in [0.05, 0.1) is 25.1 Å². The van der Waals surface area contributed by atoms with Gasteiger partial charge in [-0.3, -0.25) is 4.98 Å². The highest BCUT2D eigenvalue weighted by molar-refractivity contribution is 5.08. The molecule has 5 heteroatoms. The first kappa shape index (κ1) is 13.2. The molecule has 2 rings (SSSR count). The minimum absolute atomic E-state index is 0.210. The van der Waals surface area contributed by atoms with Crippen molar-refractivity contribution in [2.24, 2.45) is 0 Å². The van der Waals surface area contributed by atoms with Gasteiger partial charge in [-0.05, 0) is 0 Å². The van der Waals surface area contributed by atoms with Crippen LogP contribution in [0.2, 0.25) is 0 Å². The lowest BCUT2D eigenvalue weighted by Crippen LogP contribution is -2.26. The highest BCUT2D eigenvalue weighted by atomic mass is 16.5. The van der Waals surface area contributed by atoms with Gasteiger partial charge in [-0.2, -0.15) is 0 Å². The lowest BCUT2D eigenvalue weighted by atomic mass is 10.2. The van der Waals surface area contributed by atoms with E-state index in [1.165, 1.54) is 0 Å². The molecule has 0 spiro atoms. The predicted molar refractivity (Wildman–Crippen MR) is 68.5 cm³/mol. The minimum Gasteiger partial charge on any atom is -0.473 e. The first-order valence-electron chi connectivity index (χ1n) is 6.53. The van der Waals surface area contributed by atoms with E-state index < -0.39 is 0 Å². The van der Waals surface area contributed by atoms with Gasteiger partial charge in [0, 0.05) is 31.6 Å². The monoisotopic (exact) mass is 251 g/mol. The van der Waals surface area contributed by atoms with Gasteiger partial charge in [-0.1, -0.05) is 13.8 Å². The van der Waals surface area contributed by atoms with E-state index in [9.17, 15) is 0 Å². The Morgan fingerprint density at radius 2 is 2.17 bits per heavy atom. The molecule has 5 nitrogen and oxygen atoms in total. The van der Waals surface area contributed by atoms with Gasteiger partial charge in [0.2, 0.25) is 5.88 Å². The van der Waals surface area contributed by atoms with Crippen LogP contribution in [-0.2, 0) is 11.3 Å². The molecule has 1 aromatic rings. The molecule has 1 fully saturated rings. The van der Waals surface area contributed by atoms with Crippen molar-refractivity contribution in [3.8, 4) is 5.88 Å². The second kappa shape index (κ2) is 6.66. The van der Waals surface area contributed by atoms with Gasteiger partial charge >= 0.3 is 0 Å². The summed E-state index contributed by atoms with van der Waals surface area (Å²) in [6.45, 7) is 6.47. The van der Waals surface area contributed by atoms with Gasteiger partial charge in [0.1, 0.15) is 6.10 Å². The van der Waals surface area contributed by atoms with E-state index in [0.29, 0.717) is 11.9 Å². The maximum absolute atomic E-state index is 5.82. The zero-order chi connectivity index (χ0) is 12.8. The first-order chi connectivity index (χ1) is 8.74. The quantitative estimate of drug-likeness (QED) is 0.860. The highest BCUT2D eigenvalue weighted by Gasteiger charge is 2.16. The number of nitrogens with one attached hydrogen (secondary N) is 1. The fourth-order valence-corrected chi connectivity index (χ4v) is 1.80. The molecule has 18 heavy (non-hydrogen) atoms. The highest BCUT2D eigenvalue weighted by Crippen LogP contribution is 2.15. The first-order valence-corrected chi connectivity index (χ1v) is 6.53. The molecule has 0 unspecified atom stereocenters. The van der Waals surface area contributed by atoms with Gasteiger partial charge in [0.15, 0.2) is 0 Å². The zero-order valence-corrected chi connectivity index (χ0v) is 11.1. The Kier molecular flexibility index (Phi) is 4.90. The summed E-state index contributed by atoms with van der Waals surface area (Å²) in [5.41, 5.74) is 0.910. The van der Waals surface area contributed by atoms with Crippen molar-refractivity contribution in [2.45, 2.75) is 45.4 Å². The molecule has 1 aliphatic heterocycles. The van der Waals surface area contributed by atoms with Gasteiger partial charge in [-0.25, -0.2) is 4.98 Å². The normalized spacial score (nSPS) is 17.1. The van der Waals surface area contributed by atoms with Crippen molar-refractivity contribution in [1.82, 2.24) is 15.3 Å². The lowest BCUT2D eigenvalue weighted by molar-refractivity contribution is 0.0235. The molecule has 0 radical (unpaired) electrons. The fraction of sp³-hybridized carbons (Fsp3) is 0.692. The number of nitrogens with zero attached hydrogens (tertiary/aromatic N) is 2. The summed E-state index contributed by atoms with van der Waals surface area (Å²) in [6, 6.07) is 0.437. The summed E-state index contributed by atoms with van der Waals surface area (Å²) in [5.74, 6) is 0.616. The van der Waals surface area contributed by atoms with Crippen molar-refractivity contribution in [2.75, 3.05) is 13.2 Å². The lowest BCUT2D eigenvalue weighted by Gasteiger charge is -2.22. The Morgan fingerprint density at radius 1 is 1.39 bits per heavy atom. The molecule has 1 aromatic heterocycles. The number of hydrogen-bond donors (Lipinski definition) is 1. The van der Waals surface area contributed by atoms with Crippen LogP contribution in [0, 0.1) is 0 Å². The van der Waals surface area contributed by atoms with Crippen LogP contribution in [0.15, 0.2) is 12.4 Å². The van der Waals surface area contributed by atoms with Crippen LogP contribution >= 0.6 is 0 Å². The molecule has 0 atom stereocenters. The molecule has 0 bridgehead atoms. The topological polar surface area (TPSA) is 56.3 Å². The SMILES string of the molecule is CC(C)NCc1cncc(OC2CCOCC2)n1. The molecule has 0 amide bonds. The summed E-state index contributed by atoms with van der Waals surface area (Å²) >= 11 is 0. The van der Waals surface area contributed by atoms with Crippen LogP contribution in [0.3, 0.4) is 0 Å². The Bertz CT molecular complexity index is 365. The van der Waals surface area contributed by atoms with Crippen LogP contribution in [0.25, 0.3) is 0 Å². The maximum Gasteiger partial charge on any atom is 0.232 e. The molecular formula is C13H21N3O2. The van der Waals surface area contributed by atoms with Crippen molar-refractivity contribution in [3.05, 3.63) is 18.1 Å². The number of ether oxygens (including phenoxy) is 2. The molecule has 2 heterocycles. The summed E-state index contributed by atoms with van der Waals surface area (Å²) < 4.78 is 11.1. The number of aromatic nitrogens is 2. The Labute approximate surface area is 108 Å². The van der Waals surface area contributed by atoms with Crippen molar-refractivity contribution in [1.29, 1.82) is 0 Å². The summed E-state index contributed by atoms with van der Waals surface area (Å²) in [4.78, 5) is 8.62. The third-order valence-electron chi connectivity index (χ3n) is 2.81. The van der Waals surface area contributed by atoms with E-state index in [-0.39, 0.29) is 6.10 Å². The molecule has 0 aromatic carbocycles. The minimum atomic E-state index is 0.210. The van der Waals surface area contributed by atoms with Crippen LogP contribution in [0.5, 0.6) is 5.88 Å². The van der Waals surface area contributed by atoms with Crippen molar-refractivity contribution >= 4 is 0 Å². The van der Waals surface area contributed by atoms with Crippen LogP contribution < -0.4 is 10.1 Å². The molecule has 0 saturated carbocycles. The van der Waals surface area contributed by atoms with E-state index in [4.69, 9.17) is 9.47 Å². The van der Waals surface area contributed by atoms with Gasteiger partial charge < -0.3 is 14.8 Å². The van der Waals surface area contributed by atoms with Crippen LogP contribution in [-0.4, -0.2) is 35.3 Å². The predicted octanol–water partition coefficient (Wildman–Crippen LogP) is 1.53. The number of rotatable bonds is 5. The standard InChI is InChI=1S/C13H21N3O2/c1-10(2)15-8-11-7-14-9-13(16-11)18-12-3-5-17-6-4-12/h7,9-10,12,15H,3-6,8H2,1-2H3. The Hall–Kier alpha value is -1.20. The van der Waals surface area contributed by atoms with Gasteiger partial charge in [-0.15, -0.1) is 0 Å². The third kappa shape index (κ3) is 4.23. The third-order valence-corrected chi connectivity index (χ3v) is 2.81. The van der Waals surface area contributed by atoms with E-state index in [1.807, 2.05) is 0 Å². The van der Waals surface area contributed by atoms with Crippen molar-refractivity contribution < 1.29 is 9.47 Å². The van der Waals surface area contributed by atoms with Gasteiger partial charge in [0.25, 0.3) is 0 Å².